The molecule has 0 saturated carbocycles. The number of amides is 3. The molecule has 2 unspecified atom stereocenters. The van der Waals surface area contributed by atoms with Gasteiger partial charge in [-0.3, -0.25) is 14.3 Å². The average molecular weight is 703 g/mol. The predicted molar refractivity (Wildman–Crippen MR) is 195 cm³/mol. The van der Waals surface area contributed by atoms with Crippen molar-refractivity contribution in [2.45, 2.75) is 90.8 Å². The van der Waals surface area contributed by atoms with E-state index in [4.69, 9.17) is 9.47 Å². The summed E-state index contributed by atoms with van der Waals surface area (Å²) in [5.41, 5.74) is 4.71. The third-order valence-corrected chi connectivity index (χ3v) is 9.30. The summed E-state index contributed by atoms with van der Waals surface area (Å²) in [6.45, 7) is 11.6. The van der Waals surface area contributed by atoms with Crippen molar-refractivity contribution < 1.29 is 28.2 Å². The number of piperidine rings is 1. The number of benzene rings is 2. The molecule has 4 aromatic rings. The van der Waals surface area contributed by atoms with Gasteiger partial charge in [-0.15, -0.1) is 0 Å². The van der Waals surface area contributed by atoms with E-state index < -0.39 is 17.7 Å². The monoisotopic (exact) mass is 702 g/mol. The van der Waals surface area contributed by atoms with Crippen molar-refractivity contribution in [2.75, 3.05) is 32.1 Å². The number of anilines is 1. The van der Waals surface area contributed by atoms with Crippen LogP contribution in [0.3, 0.4) is 0 Å². The van der Waals surface area contributed by atoms with Crippen LogP contribution in [0.4, 0.5) is 14.9 Å². The molecule has 12 heteroatoms. The fraction of sp³-hybridized carbons (Fsp3) is 0.487. The number of alkyl carbamates (subject to hydrolysis) is 1. The van der Waals surface area contributed by atoms with Gasteiger partial charge >= 0.3 is 6.09 Å². The number of likely N-dealkylation sites (tertiary alicyclic amines) is 1. The maximum atomic E-state index is 15.2. The van der Waals surface area contributed by atoms with Crippen LogP contribution in [0.15, 0.2) is 48.5 Å². The molecule has 2 N–H and O–H groups in total. The minimum Gasteiger partial charge on any atom is -0.444 e. The molecule has 1 aliphatic rings. The van der Waals surface area contributed by atoms with E-state index in [-0.39, 0.29) is 30.0 Å². The van der Waals surface area contributed by atoms with Crippen molar-refractivity contribution in [3.8, 4) is 0 Å². The molecule has 11 nitrogen and oxygen atoms in total. The highest BCUT2D eigenvalue weighted by molar-refractivity contribution is 6.03. The summed E-state index contributed by atoms with van der Waals surface area (Å²) in [5, 5.41) is 11.0. The summed E-state index contributed by atoms with van der Waals surface area (Å²) < 4.78 is 29.7. The van der Waals surface area contributed by atoms with Crippen LogP contribution >= 0.6 is 0 Å². The highest BCUT2D eigenvalue weighted by Crippen LogP contribution is 2.37. The summed E-state index contributed by atoms with van der Waals surface area (Å²) in [5.74, 6) is -0.552. The molecule has 1 fully saturated rings. The second kappa shape index (κ2) is 16.1. The quantitative estimate of drug-likeness (QED) is 0.160. The summed E-state index contributed by atoms with van der Waals surface area (Å²) >= 11 is 0. The standard InChI is InChI=1S/C39H51FN6O5/c1-25-21-33(44(6)43-25)37(48)41-29-16-14-27(15-17-29)22-30(42-38(49)51-39(3,4)5)23-34(47)45-18-9-11-28(24-45)35-26(2)31-12-8-13-32(40)36(31)46(35)19-10-20-50-7/h8,12-17,21,28,30H,9-11,18-20,22-24H2,1-7H3,(H,41,48)(H,42,49). The normalized spacial score (nSPS) is 15.5. The SMILES string of the molecule is COCCCn1c(C2CCCN(C(=O)CC(Cc3ccc(NC(=O)c4cc(C)nn4C)cc3)NC(=O)OC(C)(C)C)C2)c(C)c2cccc(F)c21. The number of methoxy groups -OCH3 is 1. The third kappa shape index (κ3) is 9.35. The second-order valence-corrected chi connectivity index (χ2v) is 14.5. The van der Waals surface area contributed by atoms with E-state index in [1.807, 2.05) is 36.9 Å². The van der Waals surface area contributed by atoms with E-state index in [9.17, 15) is 14.4 Å². The number of nitrogens with one attached hydrogen (secondary N) is 2. The zero-order valence-electron chi connectivity index (χ0n) is 30.8. The van der Waals surface area contributed by atoms with E-state index in [1.54, 1.807) is 59.2 Å². The van der Waals surface area contributed by atoms with Crippen molar-refractivity contribution >= 4 is 34.5 Å². The van der Waals surface area contributed by atoms with Crippen LogP contribution in [0.5, 0.6) is 0 Å². The van der Waals surface area contributed by atoms with E-state index in [2.05, 4.69) is 20.3 Å². The Labute approximate surface area is 299 Å². The molecule has 1 aliphatic heterocycles. The summed E-state index contributed by atoms with van der Waals surface area (Å²) in [7, 11) is 3.39. The first-order valence-corrected chi connectivity index (χ1v) is 17.7. The second-order valence-electron chi connectivity index (χ2n) is 14.5. The lowest BCUT2D eigenvalue weighted by atomic mass is 9.91. The first-order chi connectivity index (χ1) is 24.2. The molecule has 51 heavy (non-hydrogen) atoms. The molecule has 0 bridgehead atoms. The molecule has 2 atom stereocenters. The first kappa shape index (κ1) is 37.5. The molecule has 274 valence electrons. The largest absolute Gasteiger partial charge is 0.444 e. The fourth-order valence-electron chi connectivity index (χ4n) is 7.12. The topological polar surface area (TPSA) is 120 Å². The molecule has 3 heterocycles. The van der Waals surface area contributed by atoms with Gasteiger partial charge in [0.15, 0.2) is 0 Å². The molecule has 2 aromatic heterocycles. The summed E-state index contributed by atoms with van der Waals surface area (Å²) in [6.07, 6.45) is 2.30. The smallest absolute Gasteiger partial charge is 0.407 e. The Morgan fingerprint density at radius 1 is 1.10 bits per heavy atom. The number of nitrogens with zero attached hydrogens (tertiary/aromatic N) is 4. The Morgan fingerprint density at radius 2 is 1.84 bits per heavy atom. The molecule has 0 spiro atoms. The van der Waals surface area contributed by atoms with E-state index in [1.165, 1.54) is 10.7 Å². The number of hydrogen-bond donors (Lipinski definition) is 2. The number of carbonyl (C=O) groups is 3. The number of ether oxygens (including phenoxy) is 2. The first-order valence-electron chi connectivity index (χ1n) is 17.7. The predicted octanol–water partition coefficient (Wildman–Crippen LogP) is 6.65. The molecule has 5 rings (SSSR count). The third-order valence-electron chi connectivity index (χ3n) is 9.30. The Bertz CT molecular complexity index is 1860. The van der Waals surface area contributed by atoms with Gasteiger partial charge in [-0.2, -0.15) is 5.10 Å². The summed E-state index contributed by atoms with van der Waals surface area (Å²) in [6, 6.07) is 13.7. The van der Waals surface area contributed by atoms with Gasteiger partial charge in [-0.05, 0) is 95.7 Å². The van der Waals surface area contributed by atoms with E-state index >= 15 is 4.39 Å². The highest BCUT2D eigenvalue weighted by atomic mass is 19.1. The lowest BCUT2D eigenvalue weighted by molar-refractivity contribution is -0.132. The zero-order valence-corrected chi connectivity index (χ0v) is 30.8. The Kier molecular flexibility index (Phi) is 11.8. The Balaban J connectivity index is 1.31. The van der Waals surface area contributed by atoms with Gasteiger partial charge in [-0.1, -0.05) is 24.3 Å². The molecule has 0 aliphatic carbocycles. The van der Waals surface area contributed by atoms with Crippen molar-refractivity contribution in [1.29, 1.82) is 0 Å². The number of fused-ring (bicyclic) bond motifs is 1. The van der Waals surface area contributed by atoms with Crippen molar-refractivity contribution in [1.82, 2.24) is 24.6 Å². The van der Waals surface area contributed by atoms with Gasteiger partial charge < -0.3 is 29.6 Å². The van der Waals surface area contributed by atoms with Crippen molar-refractivity contribution in [3.05, 3.63) is 82.6 Å². The molecule has 3 amide bonds. The van der Waals surface area contributed by atoms with Gasteiger partial charge in [-0.25, -0.2) is 9.18 Å². The average Bonchev–Trinajstić information content (AvgIpc) is 3.56. The van der Waals surface area contributed by atoms with Crippen LogP contribution in [0.25, 0.3) is 10.9 Å². The van der Waals surface area contributed by atoms with Crippen LogP contribution in [-0.2, 0) is 34.3 Å². The van der Waals surface area contributed by atoms with Crippen LogP contribution in [-0.4, -0.2) is 75.6 Å². The number of halogens is 1. The lowest BCUT2D eigenvalue weighted by Gasteiger charge is -2.35. The number of hydrogen-bond acceptors (Lipinski definition) is 6. The number of carbonyl (C=O) groups excluding carboxylic acids is 3. The molecular weight excluding hydrogens is 651 g/mol. The maximum absolute atomic E-state index is 15.2. The minimum absolute atomic E-state index is 0.0346. The number of aromatic nitrogens is 3. The lowest BCUT2D eigenvalue weighted by Crippen LogP contribution is -2.46. The van der Waals surface area contributed by atoms with E-state index in [0.29, 0.717) is 49.6 Å². The van der Waals surface area contributed by atoms with Gasteiger partial charge in [0.2, 0.25) is 5.91 Å². The van der Waals surface area contributed by atoms with Crippen LogP contribution in [0, 0.1) is 19.7 Å². The van der Waals surface area contributed by atoms with Gasteiger partial charge in [0.25, 0.3) is 5.91 Å². The maximum Gasteiger partial charge on any atom is 0.407 e. The molecule has 2 aromatic carbocycles. The number of aryl methyl sites for hydroxylation is 4. The van der Waals surface area contributed by atoms with Gasteiger partial charge in [0.1, 0.15) is 17.1 Å². The Morgan fingerprint density at radius 3 is 2.51 bits per heavy atom. The van der Waals surface area contributed by atoms with Crippen LogP contribution in [0.2, 0.25) is 0 Å². The van der Waals surface area contributed by atoms with E-state index in [0.717, 1.165) is 47.2 Å². The van der Waals surface area contributed by atoms with Gasteiger partial charge in [0.05, 0.1) is 11.2 Å². The fourth-order valence-corrected chi connectivity index (χ4v) is 7.12. The molecular formula is C39H51FN6O5. The molecule has 0 radical (unpaired) electrons. The van der Waals surface area contributed by atoms with Crippen LogP contribution < -0.4 is 10.6 Å². The number of rotatable bonds is 12. The highest BCUT2D eigenvalue weighted by Gasteiger charge is 2.31. The Hall–Kier alpha value is -4.71. The van der Waals surface area contributed by atoms with Gasteiger partial charge in [0, 0.05) is 75.5 Å². The number of para-hydroxylation sites is 1. The minimum atomic E-state index is -0.704. The molecule has 1 saturated heterocycles. The summed E-state index contributed by atoms with van der Waals surface area (Å²) in [4.78, 5) is 41.6. The zero-order chi connectivity index (χ0) is 36.9. The van der Waals surface area contributed by atoms with Crippen molar-refractivity contribution in [2.24, 2.45) is 7.05 Å². The van der Waals surface area contributed by atoms with Crippen molar-refractivity contribution in [3.63, 3.8) is 0 Å². The van der Waals surface area contributed by atoms with Crippen LogP contribution in [0.1, 0.15) is 85.4 Å².